The number of aromatic nitrogens is 1. The highest BCUT2D eigenvalue weighted by Gasteiger charge is 2.08. The Morgan fingerprint density at radius 3 is 2.52 bits per heavy atom. The van der Waals surface area contributed by atoms with Crippen molar-refractivity contribution in [2.45, 2.75) is 0 Å². The number of nitrogens with one attached hydrogen (secondary N) is 1. The molecule has 0 saturated carbocycles. The summed E-state index contributed by atoms with van der Waals surface area (Å²) in [5, 5.41) is 14.5. The molecule has 3 rings (SSSR count). The molecule has 0 spiro atoms. The van der Waals surface area contributed by atoms with Crippen LogP contribution in [0.3, 0.4) is 0 Å². The minimum Gasteiger partial charge on any atom is -0.455 e. The number of amides is 1. The van der Waals surface area contributed by atoms with Crippen LogP contribution in [0, 0.1) is 10.1 Å². The highest BCUT2D eigenvalue weighted by molar-refractivity contribution is 5.94. The first kappa shape index (κ1) is 16.1. The van der Waals surface area contributed by atoms with Crippen molar-refractivity contribution in [2.75, 3.05) is 0 Å². The summed E-state index contributed by atoms with van der Waals surface area (Å²) in [5.41, 5.74) is 3.54. The average molecular weight is 336 g/mol. The molecule has 0 fully saturated rings. The Bertz CT molecular complexity index is 917. The first-order valence-electron chi connectivity index (χ1n) is 7.21. The number of carbonyl (C=O) groups excluding carboxylic acids is 1. The lowest BCUT2D eigenvalue weighted by atomic mass is 10.1. The SMILES string of the molecule is O=C(NN=Cc1ccc(-c2ccc([N+](=O)[O-])cc2)o1)c1ccncc1. The van der Waals surface area contributed by atoms with Crippen LogP contribution < -0.4 is 5.43 Å². The van der Waals surface area contributed by atoms with Gasteiger partial charge in [-0.3, -0.25) is 19.9 Å². The molecule has 124 valence electrons. The van der Waals surface area contributed by atoms with Crippen molar-refractivity contribution in [1.29, 1.82) is 0 Å². The van der Waals surface area contributed by atoms with E-state index in [0.29, 0.717) is 22.6 Å². The van der Waals surface area contributed by atoms with Gasteiger partial charge >= 0.3 is 0 Å². The predicted octanol–water partition coefficient (Wildman–Crippen LogP) is 3.01. The van der Waals surface area contributed by atoms with Gasteiger partial charge in [-0.2, -0.15) is 5.10 Å². The molecule has 0 aliphatic heterocycles. The number of hydrogen-bond acceptors (Lipinski definition) is 6. The Kier molecular flexibility index (Phi) is 4.61. The Hall–Kier alpha value is -3.81. The van der Waals surface area contributed by atoms with Crippen molar-refractivity contribution in [3.05, 3.63) is 82.4 Å². The van der Waals surface area contributed by atoms with Crippen molar-refractivity contribution in [3.8, 4) is 11.3 Å². The minimum atomic E-state index is -0.463. The van der Waals surface area contributed by atoms with Gasteiger partial charge in [-0.15, -0.1) is 0 Å². The van der Waals surface area contributed by atoms with E-state index in [4.69, 9.17) is 4.42 Å². The zero-order chi connectivity index (χ0) is 17.6. The summed E-state index contributed by atoms with van der Waals surface area (Å²) in [4.78, 5) is 25.8. The quantitative estimate of drug-likeness (QED) is 0.437. The zero-order valence-corrected chi connectivity index (χ0v) is 12.8. The van der Waals surface area contributed by atoms with Gasteiger partial charge in [-0.05, 0) is 36.4 Å². The summed E-state index contributed by atoms with van der Waals surface area (Å²) in [7, 11) is 0. The summed E-state index contributed by atoms with van der Waals surface area (Å²) in [6, 6.07) is 12.5. The normalized spacial score (nSPS) is 10.7. The second-order valence-electron chi connectivity index (χ2n) is 4.94. The van der Waals surface area contributed by atoms with Crippen LogP contribution in [0.1, 0.15) is 16.1 Å². The van der Waals surface area contributed by atoms with Crippen molar-refractivity contribution in [2.24, 2.45) is 5.10 Å². The third kappa shape index (κ3) is 3.94. The Balaban J connectivity index is 1.65. The third-order valence-electron chi connectivity index (χ3n) is 3.29. The number of nitro benzene ring substituents is 1. The second kappa shape index (κ2) is 7.18. The standard InChI is InChI=1S/C17H12N4O4/c22-17(13-7-9-18-10-8-13)20-19-11-15-5-6-16(25-15)12-1-3-14(4-2-12)21(23)24/h1-11H,(H,20,22). The fourth-order valence-corrected chi connectivity index (χ4v) is 2.05. The smallest absolute Gasteiger partial charge is 0.271 e. The van der Waals surface area contributed by atoms with Crippen LogP contribution in [0.25, 0.3) is 11.3 Å². The van der Waals surface area contributed by atoms with E-state index in [1.807, 2.05) is 0 Å². The highest BCUT2D eigenvalue weighted by atomic mass is 16.6. The zero-order valence-electron chi connectivity index (χ0n) is 12.8. The number of hydrazone groups is 1. The maximum atomic E-state index is 11.8. The molecule has 0 aliphatic carbocycles. The fourth-order valence-electron chi connectivity index (χ4n) is 2.05. The number of non-ortho nitro benzene ring substituents is 1. The van der Waals surface area contributed by atoms with E-state index in [-0.39, 0.29) is 11.6 Å². The Labute approximate surface area is 142 Å². The van der Waals surface area contributed by atoms with Crippen LogP contribution in [0.5, 0.6) is 0 Å². The van der Waals surface area contributed by atoms with Crippen LogP contribution in [0.4, 0.5) is 5.69 Å². The molecule has 0 unspecified atom stereocenters. The molecule has 3 aromatic rings. The van der Waals surface area contributed by atoms with Crippen molar-refractivity contribution >= 4 is 17.8 Å². The van der Waals surface area contributed by atoms with E-state index in [2.05, 4.69) is 15.5 Å². The fraction of sp³-hybridized carbons (Fsp3) is 0. The molecule has 2 heterocycles. The largest absolute Gasteiger partial charge is 0.455 e. The van der Waals surface area contributed by atoms with E-state index in [0.717, 1.165) is 0 Å². The summed E-state index contributed by atoms with van der Waals surface area (Å²) in [5.74, 6) is 0.612. The predicted molar refractivity (Wildman–Crippen MR) is 90.1 cm³/mol. The molecule has 0 aliphatic rings. The van der Waals surface area contributed by atoms with Gasteiger partial charge in [0.15, 0.2) is 0 Å². The lowest BCUT2D eigenvalue weighted by molar-refractivity contribution is -0.384. The van der Waals surface area contributed by atoms with Crippen molar-refractivity contribution < 1.29 is 14.1 Å². The summed E-state index contributed by atoms with van der Waals surface area (Å²) in [6.07, 6.45) is 4.40. The molecular weight excluding hydrogens is 324 g/mol. The first-order valence-corrected chi connectivity index (χ1v) is 7.21. The van der Waals surface area contributed by atoms with Gasteiger partial charge in [0.2, 0.25) is 0 Å². The molecule has 1 aromatic carbocycles. The van der Waals surface area contributed by atoms with Crippen molar-refractivity contribution in [1.82, 2.24) is 10.4 Å². The molecule has 0 radical (unpaired) electrons. The maximum absolute atomic E-state index is 11.8. The van der Waals surface area contributed by atoms with E-state index in [1.165, 1.54) is 30.7 Å². The number of pyridine rings is 1. The molecule has 1 amide bonds. The molecule has 1 N–H and O–H groups in total. The molecular formula is C17H12N4O4. The van der Waals surface area contributed by atoms with Gasteiger partial charge in [-0.1, -0.05) is 0 Å². The van der Waals surface area contributed by atoms with E-state index in [1.54, 1.807) is 36.4 Å². The van der Waals surface area contributed by atoms with Crippen molar-refractivity contribution in [3.63, 3.8) is 0 Å². The Morgan fingerprint density at radius 1 is 1.12 bits per heavy atom. The van der Waals surface area contributed by atoms with Crippen LogP contribution >= 0.6 is 0 Å². The number of nitro groups is 1. The lowest BCUT2D eigenvalue weighted by Gasteiger charge is -1.98. The summed E-state index contributed by atoms with van der Waals surface area (Å²) in [6.45, 7) is 0. The highest BCUT2D eigenvalue weighted by Crippen LogP contribution is 2.23. The monoisotopic (exact) mass is 336 g/mol. The average Bonchev–Trinajstić information content (AvgIpc) is 3.11. The molecule has 0 atom stereocenters. The number of hydrogen-bond donors (Lipinski definition) is 1. The van der Waals surface area contributed by atoms with Gasteiger partial charge in [0.05, 0.1) is 11.1 Å². The number of benzene rings is 1. The maximum Gasteiger partial charge on any atom is 0.271 e. The number of furan rings is 1. The molecule has 0 bridgehead atoms. The van der Waals surface area contributed by atoms with Crippen LogP contribution in [0.15, 0.2) is 70.4 Å². The second-order valence-corrected chi connectivity index (χ2v) is 4.94. The molecule has 25 heavy (non-hydrogen) atoms. The van der Waals surface area contributed by atoms with Crippen LogP contribution in [-0.2, 0) is 0 Å². The van der Waals surface area contributed by atoms with E-state index in [9.17, 15) is 14.9 Å². The molecule has 2 aromatic heterocycles. The summed E-state index contributed by atoms with van der Waals surface area (Å²) < 4.78 is 5.58. The topological polar surface area (TPSA) is 111 Å². The number of rotatable bonds is 5. The van der Waals surface area contributed by atoms with Gasteiger partial charge in [0.25, 0.3) is 11.6 Å². The van der Waals surface area contributed by atoms with E-state index >= 15 is 0 Å². The van der Waals surface area contributed by atoms with Gasteiger partial charge in [-0.25, -0.2) is 5.43 Å². The molecule has 0 saturated heterocycles. The third-order valence-corrected chi connectivity index (χ3v) is 3.29. The Morgan fingerprint density at radius 2 is 1.84 bits per heavy atom. The van der Waals surface area contributed by atoms with Crippen LogP contribution in [-0.4, -0.2) is 22.0 Å². The number of nitrogens with zero attached hydrogens (tertiary/aromatic N) is 3. The van der Waals surface area contributed by atoms with Gasteiger partial charge < -0.3 is 4.42 Å². The van der Waals surface area contributed by atoms with E-state index < -0.39 is 4.92 Å². The number of carbonyl (C=O) groups is 1. The molecule has 8 nitrogen and oxygen atoms in total. The van der Waals surface area contributed by atoms with Gasteiger partial charge in [0, 0.05) is 35.7 Å². The first-order chi connectivity index (χ1) is 12.1. The summed E-state index contributed by atoms with van der Waals surface area (Å²) >= 11 is 0. The minimum absolute atomic E-state index is 0.0101. The molecule has 8 heteroatoms. The van der Waals surface area contributed by atoms with Gasteiger partial charge in [0.1, 0.15) is 11.5 Å². The van der Waals surface area contributed by atoms with Crippen LogP contribution in [0.2, 0.25) is 0 Å². The lowest BCUT2D eigenvalue weighted by Crippen LogP contribution is -2.17.